The molecule has 1 aromatic carbocycles. The molecule has 10 heteroatoms. The summed E-state index contributed by atoms with van der Waals surface area (Å²) in [7, 11) is 0. The highest BCUT2D eigenvalue weighted by atomic mass is 16.5. The van der Waals surface area contributed by atoms with E-state index in [2.05, 4.69) is 21.3 Å². The van der Waals surface area contributed by atoms with E-state index < -0.39 is 18.1 Å². The summed E-state index contributed by atoms with van der Waals surface area (Å²) in [5, 5.41) is 11.2. The van der Waals surface area contributed by atoms with E-state index in [1.54, 1.807) is 24.3 Å². The van der Waals surface area contributed by atoms with E-state index in [0.717, 1.165) is 5.56 Å². The molecule has 0 bridgehead atoms. The number of rotatable bonds is 13. The van der Waals surface area contributed by atoms with Gasteiger partial charge in [0.2, 0.25) is 11.8 Å². The van der Waals surface area contributed by atoms with E-state index in [4.69, 9.17) is 10.5 Å². The van der Waals surface area contributed by atoms with Crippen LogP contribution in [0.1, 0.15) is 46.1 Å². The highest BCUT2D eigenvalue weighted by Crippen LogP contribution is 2.12. The normalized spacial score (nSPS) is 12.5. The summed E-state index contributed by atoms with van der Waals surface area (Å²) in [5.41, 5.74) is 6.40. The molecule has 0 aliphatic carbocycles. The lowest BCUT2D eigenvalue weighted by molar-refractivity contribution is -0.142. The minimum atomic E-state index is -0.794. The topological polar surface area (TPSA) is 152 Å². The second-order valence-electron chi connectivity index (χ2n) is 7.74. The molecule has 0 heterocycles. The first-order chi connectivity index (χ1) is 15.1. The van der Waals surface area contributed by atoms with Crippen LogP contribution in [-0.4, -0.2) is 49.0 Å². The fourth-order valence-electron chi connectivity index (χ4n) is 3.00. The first-order valence-electron chi connectivity index (χ1n) is 10.7. The van der Waals surface area contributed by atoms with E-state index >= 15 is 0 Å². The standard InChI is InChI=1S/C22H35N5O5/c1-5-24-19(14(2)3)21(30)27-18(7-6-12-25-22(23)31)20(29)26-17-10-8-16(9-11-17)13-32-15(4)28/h8-11,14,18-19,24H,5-7,12-13H2,1-4H3,(H,26,29)(H,27,30)(H3,23,25,31)/t18-,19-/m1/s1. The molecule has 0 spiro atoms. The van der Waals surface area contributed by atoms with E-state index in [0.29, 0.717) is 31.6 Å². The molecule has 0 saturated carbocycles. The molecular weight excluding hydrogens is 414 g/mol. The third-order valence-electron chi connectivity index (χ3n) is 4.64. The van der Waals surface area contributed by atoms with Gasteiger partial charge in [0.1, 0.15) is 12.6 Å². The van der Waals surface area contributed by atoms with Crippen molar-refractivity contribution in [2.75, 3.05) is 18.4 Å². The Balaban J connectivity index is 2.82. The van der Waals surface area contributed by atoms with Crippen LogP contribution in [0.4, 0.5) is 10.5 Å². The molecule has 0 fully saturated rings. The second-order valence-corrected chi connectivity index (χ2v) is 7.74. The van der Waals surface area contributed by atoms with Crippen LogP contribution in [0.3, 0.4) is 0 Å². The van der Waals surface area contributed by atoms with E-state index in [9.17, 15) is 19.2 Å². The van der Waals surface area contributed by atoms with E-state index in [1.807, 2.05) is 20.8 Å². The van der Waals surface area contributed by atoms with Gasteiger partial charge in [0.05, 0.1) is 6.04 Å². The van der Waals surface area contributed by atoms with Crippen molar-refractivity contribution < 1.29 is 23.9 Å². The molecule has 10 nitrogen and oxygen atoms in total. The molecule has 0 unspecified atom stereocenters. The Bertz CT molecular complexity index is 766. The largest absolute Gasteiger partial charge is 0.461 e. The van der Waals surface area contributed by atoms with Crippen LogP contribution >= 0.6 is 0 Å². The van der Waals surface area contributed by atoms with Gasteiger partial charge in [-0.1, -0.05) is 32.9 Å². The van der Waals surface area contributed by atoms with Gasteiger partial charge in [0, 0.05) is 19.2 Å². The molecule has 0 aromatic heterocycles. The molecule has 0 aliphatic rings. The molecule has 0 radical (unpaired) electrons. The van der Waals surface area contributed by atoms with Gasteiger partial charge in [-0.15, -0.1) is 0 Å². The van der Waals surface area contributed by atoms with Crippen LogP contribution in [0.25, 0.3) is 0 Å². The minimum Gasteiger partial charge on any atom is -0.461 e. The molecule has 0 aliphatic heterocycles. The fourth-order valence-corrected chi connectivity index (χ4v) is 3.00. The first kappa shape index (κ1) is 26.9. The van der Waals surface area contributed by atoms with Gasteiger partial charge >= 0.3 is 12.0 Å². The number of urea groups is 1. The van der Waals surface area contributed by atoms with E-state index in [1.165, 1.54) is 6.92 Å². The van der Waals surface area contributed by atoms with Gasteiger partial charge < -0.3 is 31.7 Å². The number of likely N-dealkylation sites (N-methyl/N-ethyl adjacent to an activating group) is 1. The number of amides is 4. The predicted molar refractivity (Wildman–Crippen MR) is 122 cm³/mol. The number of carbonyl (C=O) groups excluding carboxylic acids is 4. The number of primary amides is 1. The summed E-state index contributed by atoms with van der Waals surface area (Å²) in [5.74, 6) is -0.963. The zero-order valence-corrected chi connectivity index (χ0v) is 19.2. The van der Waals surface area contributed by atoms with Gasteiger partial charge in [0.25, 0.3) is 0 Å². The quantitative estimate of drug-likeness (QED) is 0.226. The zero-order chi connectivity index (χ0) is 24.1. The van der Waals surface area contributed by atoms with Gasteiger partial charge in [-0.2, -0.15) is 0 Å². The molecule has 178 valence electrons. The van der Waals surface area contributed by atoms with Crippen molar-refractivity contribution in [3.63, 3.8) is 0 Å². The number of ether oxygens (including phenoxy) is 1. The second kappa shape index (κ2) is 14.0. The molecule has 6 N–H and O–H groups in total. The van der Waals surface area contributed by atoms with Crippen LogP contribution in [0.15, 0.2) is 24.3 Å². The van der Waals surface area contributed by atoms with Gasteiger partial charge in [-0.3, -0.25) is 14.4 Å². The number of esters is 1. The average Bonchev–Trinajstić information content (AvgIpc) is 2.72. The van der Waals surface area contributed by atoms with Crippen molar-refractivity contribution in [3.8, 4) is 0 Å². The zero-order valence-electron chi connectivity index (χ0n) is 19.2. The van der Waals surface area contributed by atoms with Crippen LogP contribution < -0.4 is 27.0 Å². The van der Waals surface area contributed by atoms with Gasteiger partial charge in [-0.05, 0) is 43.0 Å². The number of hydrogen-bond acceptors (Lipinski definition) is 6. The van der Waals surface area contributed by atoms with Gasteiger partial charge in [-0.25, -0.2) is 4.79 Å². The lowest BCUT2D eigenvalue weighted by Gasteiger charge is -2.25. The summed E-state index contributed by atoms with van der Waals surface area (Å²) < 4.78 is 4.95. The Morgan fingerprint density at radius 2 is 1.72 bits per heavy atom. The van der Waals surface area contributed by atoms with Crippen molar-refractivity contribution in [2.24, 2.45) is 11.7 Å². The lowest BCUT2D eigenvalue weighted by Crippen LogP contribution is -2.53. The van der Waals surface area contributed by atoms with Crippen molar-refractivity contribution in [1.82, 2.24) is 16.0 Å². The summed E-state index contributed by atoms with van der Waals surface area (Å²) in [6, 6.07) is 5.00. The molecule has 2 atom stereocenters. The summed E-state index contributed by atoms with van der Waals surface area (Å²) in [4.78, 5) is 47.5. The van der Waals surface area contributed by atoms with Crippen molar-refractivity contribution in [3.05, 3.63) is 29.8 Å². The van der Waals surface area contributed by atoms with Crippen molar-refractivity contribution >= 4 is 29.5 Å². The summed E-state index contributed by atoms with van der Waals surface area (Å²) >= 11 is 0. The van der Waals surface area contributed by atoms with E-state index in [-0.39, 0.29) is 30.3 Å². The van der Waals surface area contributed by atoms with Crippen molar-refractivity contribution in [2.45, 2.75) is 59.2 Å². The smallest absolute Gasteiger partial charge is 0.312 e. The fraction of sp³-hybridized carbons (Fsp3) is 0.545. The molecule has 1 aromatic rings. The number of nitrogens with two attached hydrogens (primary N) is 1. The molecule has 0 saturated heterocycles. The minimum absolute atomic E-state index is 0.0416. The lowest BCUT2D eigenvalue weighted by atomic mass is 10.0. The molecule has 4 amide bonds. The molecular formula is C22H35N5O5. The van der Waals surface area contributed by atoms with Crippen LogP contribution in [0.2, 0.25) is 0 Å². The number of hydrogen-bond donors (Lipinski definition) is 5. The third kappa shape index (κ3) is 10.3. The Kier molecular flexibility index (Phi) is 11.8. The predicted octanol–water partition coefficient (Wildman–Crippen LogP) is 1.26. The maximum atomic E-state index is 12.9. The van der Waals surface area contributed by atoms with Crippen molar-refractivity contribution in [1.29, 1.82) is 0 Å². The number of nitrogens with one attached hydrogen (secondary N) is 4. The maximum Gasteiger partial charge on any atom is 0.312 e. The average molecular weight is 450 g/mol. The SMILES string of the molecule is CCN[C@@H](C(=O)N[C@H](CCCNC(N)=O)C(=O)Nc1ccc(COC(C)=O)cc1)C(C)C. The third-order valence-corrected chi connectivity index (χ3v) is 4.64. The summed E-state index contributed by atoms with van der Waals surface area (Å²) in [6.07, 6.45) is 0.773. The highest BCUT2D eigenvalue weighted by molar-refractivity contribution is 5.97. The number of anilines is 1. The van der Waals surface area contributed by atoms with Crippen LogP contribution in [0, 0.1) is 5.92 Å². The highest BCUT2D eigenvalue weighted by Gasteiger charge is 2.27. The van der Waals surface area contributed by atoms with Gasteiger partial charge in [0.15, 0.2) is 0 Å². The Hall–Kier alpha value is -3.14. The monoisotopic (exact) mass is 449 g/mol. The molecule has 1 rings (SSSR count). The first-order valence-corrected chi connectivity index (χ1v) is 10.7. The van der Waals surface area contributed by atoms with Crippen LogP contribution in [0.5, 0.6) is 0 Å². The summed E-state index contributed by atoms with van der Waals surface area (Å²) in [6.45, 7) is 8.16. The Labute approximate surface area is 189 Å². The van der Waals surface area contributed by atoms with Crippen LogP contribution in [-0.2, 0) is 25.7 Å². The maximum absolute atomic E-state index is 12.9. The number of carbonyl (C=O) groups is 4. The Morgan fingerprint density at radius 1 is 1.06 bits per heavy atom. The molecule has 32 heavy (non-hydrogen) atoms. The Morgan fingerprint density at radius 3 is 2.25 bits per heavy atom. The number of benzene rings is 1.